The fraction of sp³-hybridized carbons (Fsp3) is 0.600. The van der Waals surface area contributed by atoms with Crippen molar-refractivity contribution in [2.75, 3.05) is 33.2 Å². The van der Waals surface area contributed by atoms with Crippen molar-refractivity contribution in [3.8, 4) is 11.8 Å². The summed E-state index contributed by atoms with van der Waals surface area (Å²) in [4.78, 5) is 6.41. The third-order valence-corrected chi connectivity index (χ3v) is 4.45. The van der Waals surface area contributed by atoms with Crippen LogP contribution >= 0.6 is 11.3 Å². The standard InChI is InChI=1S/C15H23N3S/c1-13-10-17(2)7-4-8-18(13)11-15-9-14(12-19-15)5-3-6-16/h9,12-13H,4,6-8,10-11,16H2,1-2H3. The van der Waals surface area contributed by atoms with Crippen molar-refractivity contribution < 1.29 is 0 Å². The van der Waals surface area contributed by atoms with Crippen LogP contribution in [-0.2, 0) is 6.54 Å². The summed E-state index contributed by atoms with van der Waals surface area (Å²) in [5.41, 5.74) is 6.50. The molecule has 1 atom stereocenters. The lowest BCUT2D eigenvalue weighted by molar-refractivity contribution is 0.196. The van der Waals surface area contributed by atoms with E-state index in [0.717, 1.165) is 18.7 Å². The number of likely N-dealkylation sites (N-methyl/N-ethyl adjacent to an activating group) is 1. The molecule has 2 rings (SSSR count). The number of rotatable bonds is 2. The molecule has 0 aliphatic carbocycles. The average molecular weight is 277 g/mol. The van der Waals surface area contributed by atoms with Crippen LogP contribution < -0.4 is 5.73 Å². The Labute approximate surface area is 120 Å². The first-order chi connectivity index (χ1) is 9.19. The van der Waals surface area contributed by atoms with E-state index in [9.17, 15) is 0 Å². The molecule has 1 saturated heterocycles. The van der Waals surface area contributed by atoms with Crippen molar-refractivity contribution in [2.45, 2.75) is 25.9 Å². The summed E-state index contributed by atoms with van der Waals surface area (Å²) in [7, 11) is 2.21. The lowest BCUT2D eigenvalue weighted by atomic mass is 10.2. The Morgan fingerprint density at radius 3 is 3.11 bits per heavy atom. The summed E-state index contributed by atoms with van der Waals surface area (Å²) in [6.45, 7) is 7.35. The highest BCUT2D eigenvalue weighted by atomic mass is 32.1. The Hall–Kier alpha value is -0.860. The molecule has 1 unspecified atom stereocenters. The minimum absolute atomic E-state index is 0.431. The van der Waals surface area contributed by atoms with Crippen molar-refractivity contribution in [1.29, 1.82) is 0 Å². The van der Waals surface area contributed by atoms with E-state index in [0.29, 0.717) is 12.6 Å². The highest BCUT2D eigenvalue weighted by Gasteiger charge is 2.19. The summed E-state index contributed by atoms with van der Waals surface area (Å²) in [5, 5.41) is 2.13. The van der Waals surface area contributed by atoms with Gasteiger partial charge in [-0.15, -0.1) is 11.3 Å². The first-order valence-electron chi connectivity index (χ1n) is 6.88. The zero-order valence-electron chi connectivity index (χ0n) is 11.9. The lowest BCUT2D eigenvalue weighted by Gasteiger charge is -2.27. The maximum Gasteiger partial charge on any atom is 0.0555 e. The lowest BCUT2D eigenvalue weighted by Crippen LogP contribution is -2.37. The molecule has 0 aromatic carbocycles. The molecular formula is C15H23N3S. The minimum atomic E-state index is 0.431. The van der Waals surface area contributed by atoms with Crippen LogP contribution in [0.1, 0.15) is 23.8 Å². The Kier molecular flexibility index (Phi) is 5.41. The Balaban J connectivity index is 1.97. The molecule has 19 heavy (non-hydrogen) atoms. The van der Waals surface area contributed by atoms with Gasteiger partial charge in [0.05, 0.1) is 6.54 Å². The van der Waals surface area contributed by atoms with Gasteiger partial charge < -0.3 is 10.6 Å². The van der Waals surface area contributed by atoms with Gasteiger partial charge in [0, 0.05) is 41.5 Å². The monoisotopic (exact) mass is 277 g/mol. The molecule has 0 saturated carbocycles. The zero-order chi connectivity index (χ0) is 13.7. The van der Waals surface area contributed by atoms with Crippen molar-refractivity contribution in [3.05, 3.63) is 21.9 Å². The zero-order valence-corrected chi connectivity index (χ0v) is 12.7. The largest absolute Gasteiger partial charge is 0.320 e. The quantitative estimate of drug-likeness (QED) is 0.833. The molecule has 1 aromatic rings. The van der Waals surface area contributed by atoms with E-state index >= 15 is 0 Å². The molecular weight excluding hydrogens is 254 g/mol. The van der Waals surface area contributed by atoms with Crippen molar-refractivity contribution in [1.82, 2.24) is 9.80 Å². The first kappa shape index (κ1) is 14.5. The van der Waals surface area contributed by atoms with Gasteiger partial charge in [0.15, 0.2) is 0 Å². The van der Waals surface area contributed by atoms with Crippen LogP contribution in [0.4, 0.5) is 0 Å². The Morgan fingerprint density at radius 1 is 1.47 bits per heavy atom. The molecule has 0 spiro atoms. The van der Waals surface area contributed by atoms with E-state index in [1.807, 2.05) is 0 Å². The van der Waals surface area contributed by atoms with Gasteiger partial charge in [0.25, 0.3) is 0 Å². The molecule has 104 valence electrons. The number of nitrogens with two attached hydrogens (primary N) is 1. The van der Waals surface area contributed by atoms with Crippen LogP contribution in [0.2, 0.25) is 0 Å². The van der Waals surface area contributed by atoms with E-state index in [1.54, 1.807) is 11.3 Å². The van der Waals surface area contributed by atoms with Crippen molar-refractivity contribution in [2.24, 2.45) is 5.73 Å². The predicted octanol–water partition coefficient (Wildman–Crippen LogP) is 1.58. The highest BCUT2D eigenvalue weighted by Crippen LogP contribution is 2.19. The fourth-order valence-electron chi connectivity index (χ4n) is 2.54. The molecule has 4 heteroatoms. The van der Waals surface area contributed by atoms with Crippen LogP contribution in [0.25, 0.3) is 0 Å². The van der Waals surface area contributed by atoms with Gasteiger partial charge in [-0.3, -0.25) is 4.90 Å². The first-order valence-corrected chi connectivity index (χ1v) is 7.76. The SMILES string of the molecule is CC1CN(C)CCCN1Cc1cc(C#CCN)cs1. The molecule has 1 aliphatic heterocycles. The van der Waals surface area contributed by atoms with E-state index in [4.69, 9.17) is 5.73 Å². The summed E-state index contributed by atoms with van der Waals surface area (Å²) < 4.78 is 0. The number of hydrogen-bond acceptors (Lipinski definition) is 4. The molecule has 1 aliphatic rings. The van der Waals surface area contributed by atoms with E-state index in [-0.39, 0.29) is 0 Å². The number of hydrogen-bond donors (Lipinski definition) is 1. The molecule has 1 fully saturated rings. The van der Waals surface area contributed by atoms with E-state index in [1.165, 1.54) is 24.4 Å². The van der Waals surface area contributed by atoms with Crippen LogP contribution in [0.3, 0.4) is 0 Å². The fourth-order valence-corrected chi connectivity index (χ4v) is 3.38. The molecule has 0 radical (unpaired) electrons. The second kappa shape index (κ2) is 7.06. The third kappa shape index (κ3) is 4.32. The molecule has 1 aromatic heterocycles. The van der Waals surface area contributed by atoms with Gasteiger partial charge in [-0.25, -0.2) is 0 Å². The highest BCUT2D eigenvalue weighted by molar-refractivity contribution is 7.10. The van der Waals surface area contributed by atoms with Gasteiger partial charge in [0.1, 0.15) is 0 Å². The smallest absolute Gasteiger partial charge is 0.0555 e. The molecule has 0 bridgehead atoms. The summed E-state index contributed by atoms with van der Waals surface area (Å²) in [5.74, 6) is 6.01. The number of nitrogens with zero attached hydrogens (tertiary/aromatic N) is 2. The minimum Gasteiger partial charge on any atom is -0.320 e. The van der Waals surface area contributed by atoms with Gasteiger partial charge in [-0.1, -0.05) is 11.8 Å². The Morgan fingerprint density at radius 2 is 2.32 bits per heavy atom. The van der Waals surface area contributed by atoms with Crippen LogP contribution in [0.15, 0.2) is 11.4 Å². The summed E-state index contributed by atoms with van der Waals surface area (Å²) in [6.07, 6.45) is 1.26. The second-order valence-corrected chi connectivity index (χ2v) is 6.24. The van der Waals surface area contributed by atoms with Crippen molar-refractivity contribution in [3.63, 3.8) is 0 Å². The second-order valence-electron chi connectivity index (χ2n) is 5.24. The topological polar surface area (TPSA) is 32.5 Å². The third-order valence-electron chi connectivity index (χ3n) is 3.53. The molecule has 0 amide bonds. The summed E-state index contributed by atoms with van der Waals surface area (Å²) in [6, 6.07) is 2.82. The normalized spacial score (nSPS) is 21.7. The summed E-state index contributed by atoms with van der Waals surface area (Å²) >= 11 is 1.80. The van der Waals surface area contributed by atoms with E-state index in [2.05, 4.69) is 47.1 Å². The average Bonchev–Trinajstić information content (AvgIpc) is 2.76. The molecule has 3 nitrogen and oxygen atoms in total. The number of thiophene rings is 1. The van der Waals surface area contributed by atoms with Crippen LogP contribution in [-0.4, -0.2) is 49.1 Å². The van der Waals surface area contributed by atoms with Gasteiger partial charge in [0.2, 0.25) is 0 Å². The predicted molar refractivity (Wildman–Crippen MR) is 82.2 cm³/mol. The maximum atomic E-state index is 5.40. The van der Waals surface area contributed by atoms with Gasteiger partial charge in [-0.05, 0) is 33.0 Å². The Bertz CT molecular complexity index is 457. The maximum absolute atomic E-state index is 5.40. The molecule has 2 heterocycles. The van der Waals surface area contributed by atoms with E-state index < -0.39 is 0 Å². The van der Waals surface area contributed by atoms with Crippen molar-refractivity contribution >= 4 is 11.3 Å². The van der Waals surface area contributed by atoms with Crippen LogP contribution in [0.5, 0.6) is 0 Å². The van der Waals surface area contributed by atoms with Gasteiger partial charge in [-0.2, -0.15) is 0 Å². The van der Waals surface area contributed by atoms with Gasteiger partial charge >= 0.3 is 0 Å². The van der Waals surface area contributed by atoms with Crippen LogP contribution in [0, 0.1) is 11.8 Å². The molecule has 2 N–H and O–H groups in total.